The molecule has 2 aromatic rings. The first-order valence-electron chi connectivity index (χ1n) is 8.37. The zero-order valence-corrected chi connectivity index (χ0v) is 17.3. The zero-order valence-electron chi connectivity index (χ0n) is 15.7. The Balaban J connectivity index is 2.23. The Morgan fingerprint density at radius 3 is 2.54 bits per heavy atom. The molecule has 0 aliphatic carbocycles. The zero-order chi connectivity index (χ0) is 19.3. The molecule has 138 valence electrons. The van der Waals surface area contributed by atoms with Crippen molar-refractivity contribution in [2.24, 2.45) is 0 Å². The molecule has 1 amide bonds. The molecule has 26 heavy (non-hydrogen) atoms. The van der Waals surface area contributed by atoms with E-state index in [-0.39, 0.29) is 5.91 Å². The third-order valence-corrected chi connectivity index (χ3v) is 4.65. The summed E-state index contributed by atoms with van der Waals surface area (Å²) in [6.45, 7) is 6.22. The Morgan fingerprint density at radius 2 is 1.92 bits per heavy atom. The van der Waals surface area contributed by atoms with Crippen LogP contribution < -0.4 is 14.8 Å². The van der Waals surface area contributed by atoms with E-state index in [2.05, 4.69) is 35.1 Å². The lowest BCUT2D eigenvalue weighted by Crippen LogP contribution is -2.11. The predicted molar refractivity (Wildman–Crippen MR) is 110 cm³/mol. The molecule has 2 aromatic carbocycles. The first-order chi connectivity index (χ1) is 12.4. The third-order valence-electron chi connectivity index (χ3n) is 4.06. The van der Waals surface area contributed by atoms with Gasteiger partial charge in [0.05, 0.1) is 18.7 Å². The normalized spacial score (nSPS) is 11.0. The topological polar surface area (TPSA) is 47.6 Å². The monoisotopic (exact) mass is 417 g/mol. The van der Waals surface area contributed by atoms with Gasteiger partial charge < -0.3 is 14.8 Å². The molecule has 0 bridgehead atoms. The molecule has 0 heterocycles. The summed E-state index contributed by atoms with van der Waals surface area (Å²) >= 11 is 3.46. The molecular formula is C21H24BrNO3. The summed E-state index contributed by atoms with van der Waals surface area (Å²) < 4.78 is 11.4. The fraction of sp³-hybridized carbons (Fsp3) is 0.286. The van der Waals surface area contributed by atoms with Crippen molar-refractivity contribution in [3.8, 4) is 11.5 Å². The number of halogens is 1. The van der Waals surface area contributed by atoms with Crippen LogP contribution in [0.5, 0.6) is 11.5 Å². The smallest absolute Gasteiger partial charge is 0.248 e. The van der Waals surface area contributed by atoms with E-state index < -0.39 is 0 Å². The minimum atomic E-state index is -0.174. The number of carbonyl (C=O) groups is 1. The van der Waals surface area contributed by atoms with Crippen molar-refractivity contribution in [2.45, 2.75) is 26.7 Å². The van der Waals surface area contributed by atoms with Gasteiger partial charge in [0, 0.05) is 11.8 Å². The van der Waals surface area contributed by atoms with Crippen LogP contribution in [-0.4, -0.2) is 20.1 Å². The maximum Gasteiger partial charge on any atom is 0.248 e. The van der Waals surface area contributed by atoms with Gasteiger partial charge in [-0.05, 0) is 63.7 Å². The molecule has 0 saturated carbocycles. The highest BCUT2D eigenvalue weighted by atomic mass is 79.9. The Labute approximate surface area is 163 Å². The molecular weight excluding hydrogens is 394 g/mol. The largest absolute Gasteiger partial charge is 0.493 e. The number of anilines is 1. The molecule has 0 aliphatic heterocycles. The number of benzene rings is 2. The molecule has 0 fully saturated rings. The van der Waals surface area contributed by atoms with E-state index in [0.29, 0.717) is 17.4 Å². The molecule has 1 N–H and O–H groups in total. The highest BCUT2D eigenvalue weighted by Crippen LogP contribution is 2.36. The number of methoxy groups -OCH3 is 2. The van der Waals surface area contributed by atoms with E-state index in [4.69, 9.17) is 9.47 Å². The van der Waals surface area contributed by atoms with Crippen LogP contribution in [0.1, 0.15) is 36.5 Å². The van der Waals surface area contributed by atoms with Gasteiger partial charge in [-0.2, -0.15) is 0 Å². The second-order valence-corrected chi connectivity index (χ2v) is 7.11. The second kappa shape index (κ2) is 8.90. The lowest BCUT2D eigenvalue weighted by molar-refractivity contribution is -0.111. The quantitative estimate of drug-likeness (QED) is 0.626. The lowest BCUT2D eigenvalue weighted by atomic mass is 9.98. The van der Waals surface area contributed by atoms with E-state index in [9.17, 15) is 4.79 Å². The molecule has 4 nitrogen and oxygen atoms in total. The number of ether oxygens (including phenoxy) is 2. The van der Waals surface area contributed by atoms with Gasteiger partial charge in [0.1, 0.15) is 0 Å². The van der Waals surface area contributed by atoms with Gasteiger partial charge in [0.15, 0.2) is 11.5 Å². The van der Waals surface area contributed by atoms with Gasteiger partial charge in [-0.25, -0.2) is 0 Å². The number of hydrogen-bond donors (Lipinski definition) is 1. The van der Waals surface area contributed by atoms with Crippen LogP contribution in [-0.2, 0) is 4.79 Å². The third kappa shape index (κ3) is 4.67. The summed E-state index contributed by atoms with van der Waals surface area (Å²) in [4.78, 5) is 12.4. The van der Waals surface area contributed by atoms with Crippen LogP contribution in [0, 0.1) is 6.92 Å². The molecule has 0 aliphatic rings. The van der Waals surface area contributed by atoms with E-state index in [1.54, 1.807) is 20.3 Å². The predicted octanol–water partition coefficient (Wildman–Crippen LogP) is 5.55. The van der Waals surface area contributed by atoms with Crippen molar-refractivity contribution in [3.05, 3.63) is 57.6 Å². The number of nitrogens with one attached hydrogen (secondary N) is 1. The molecule has 0 aromatic heterocycles. The molecule has 0 atom stereocenters. The van der Waals surface area contributed by atoms with Crippen molar-refractivity contribution in [2.75, 3.05) is 19.5 Å². The number of para-hydroxylation sites is 1. The Hall–Kier alpha value is -2.27. The maximum absolute atomic E-state index is 12.4. The Bertz CT molecular complexity index is 828. The Morgan fingerprint density at radius 1 is 1.19 bits per heavy atom. The highest BCUT2D eigenvalue weighted by molar-refractivity contribution is 9.10. The fourth-order valence-electron chi connectivity index (χ4n) is 2.71. The standard InChI is InChI=1S/C21H24BrNO3/c1-13(2)16-8-6-7-14(3)20(16)23-19(24)10-9-15-11-17(22)21(26-5)18(12-15)25-4/h6-13H,1-5H3,(H,23,24). The molecule has 2 rings (SSSR count). The summed E-state index contributed by atoms with van der Waals surface area (Å²) in [6, 6.07) is 9.75. The van der Waals surface area contributed by atoms with Crippen molar-refractivity contribution in [1.29, 1.82) is 0 Å². The molecule has 0 unspecified atom stereocenters. The van der Waals surface area contributed by atoms with E-state index in [0.717, 1.165) is 26.9 Å². The summed E-state index contributed by atoms with van der Waals surface area (Å²) in [5.41, 5.74) is 3.89. The first kappa shape index (κ1) is 20.0. The summed E-state index contributed by atoms with van der Waals surface area (Å²) in [7, 11) is 3.16. The van der Waals surface area contributed by atoms with Gasteiger partial charge >= 0.3 is 0 Å². The van der Waals surface area contributed by atoms with E-state index in [1.165, 1.54) is 6.08 Å². The second-order valence-electron chi connectivity index (χ2n) is 6.25. The lowest BCUT2D eigenvalue weighted by Gasteiger charge is -2.15. The van der Waals surface area contributed by atoms with Crippen LogP contribution in [0.3, 0.4) is 0 Å². The van der Waals surface area contributed by atoms with Gasteiger partial charge in [-0.1, -0.05) is 32.0 Å². The maximum atomic E-state index is 12.4. The first-order valence-corrected chi connectivity index (χ1v) is 9.16. The SMILES string of the molecule is COc1cc(C=CC(=O)Nc2c(C)cccc2C(C)C)cc(Br)c1OC. The van der Waals surface area contributed by atoms with Crippen LogP contribution in [0.4, 0.5) is 5.69 Å². The molecule has 0 spiro atoms. The highest BCUT2D eigenvalue weighted by Gasteiger charge is 2.12. The van der Waals surface area contributed by atoms with Gasteiger partial charge in [0.2, 0.25) is 5.91 Å². The van der Waals surface area contributed by atoms with Gasteiger partial charge in [0.25, 0.3) is 0 Å². The average Bonchev–Trinajstić information content (AvgIpc) is 2.60. The Kier molecular flexibility index (Phi) is 6.86. The molecule has 5 heteroatoms. The van der Waals surface area contributed by atoms with E-state index >= 15 is 0 Å². The number of hydrogen-bond acceptors (Lipinski definition) is 3. The van der Waals surface area contributed by atoms with E-state index in [1.807, 2.05) is 37.3 Å². The van der Waals surface area contributed by atoms with Crippen LogP contribution in [0.15, 0.2) is 40.9 Å². The van der Waals surface area contributed by atoms with Crippen LogP contribution in [0.25, 0.3) is 6.08 Å². The average molecular weight is 418 g/mol. The number of carbonyl (C=O) groups excluding carboxylic acids is 1. The van der Waals surface area contributed by atoms with Crippen LogP contribution >= 0.6 is 15.9 Å². The van der Waals surface area contributed by atoms with Crippen molar-refractivity contribution in [1.82, 2.24) is 0 Å². The van der Waals surface area contributed by atoms with Gasteiger partial charge in [-0.3, -0.25) is 4.79 Å². The summed E-state index contributed by atoms with van der Waals surface area (Å²) in [5, 5.41) is 3.00. The molecule has 0 saturated heterocycles. The van der Waals surface area contributed by atoms with Crippen molar-refractivity contribution >= 4 is 33.6 Å². The van der Waals surface area contributed by atoms with Crippen molar-refractivity contribution in [3.63, 3.8) is 0 Å². The summed E-state index contributed by atoms with van der Waals surface area (Å²) in [5.74, 6) is 1.38. The number of aryl methyl sites for hydroxylation is 1. The number of amides is 1. The minimum Gasteiger partial charge on any atom is -0.493 e. The molecule has 0 radical (unpaired) electrons. The number of rotatable bonds is 6. The summed E-state index contributed by atoms with van der Waals surface area (Å²) in [6.07, 6.45) is 3.26. The van der Waals surface area contributed by atoms with Crippen molar-refractivity contribution < 1.29 is 14.3 Å². The minimum absolute atomic E-state index is 0.174. The van der Waals surface area contributed by atoms with Gasteiger partial charge in [-0.15, -0.1) is 0 Å². The fourth-order valence-corrected chi connectivity index (χ4v) is 3.33. The van der Waals surface area contributed by atoms with Crippen LogP contribution in [0.2, 0.25) is 0 Å².